The molecule has 0 fully saturated rings. The summed E-state index contributed by atoms with van der Waals surface area (Å²) < 4.78 is 3.27. The summed E-state index contributed by atoms with van der Waals surface area (Å²) in [6, 6.07) is 18.0. The van der Waals surface area contributed by atoms with Crippen LogP contribution in [0.1, 0.15) is 105 Å². The van der Waals surface area contributed by atoms with Crippen LogP contribution in [0.15, 0.2) is 83.0 Å². The average molecular weight is 786 g/mol. The van der Waals surface area contributed by atoms with E-state index in [4.69, 9.17) is 0 Å². The van der Waals surface area contributed by atoms with Crippen molar-refractivity contribution in [2.24, 2.45) is 10.8 Å². The van der Waals surface area contributed by atoms with E-state index in [1.807, 2.05) is 12.1 Å². The molecule has 0 aliphatic carbocycles. The molecule has 0 saturated heterocycles. The van der Waals surface area contributed by atoms with E-state index in [-0.39, 0.29) is 56.3 Å². The summed E-state index contributed by atoms with van der Waals surface area (Å²) in [6.45, 7) is 14.8. The van der Waals surface area contributed by atoms with Crippen LogP contribution in [-0.4, -0.2) is 65.4 Å². The second kappa shape index (κ2) is 23.9. The van der Waals surface area contributed by atoms with Gasteiger partial charge in [-0.1, -0.05) is 102 Å². The fraction of sp³-hybridized carbons (Fsp3) is 0.500. The maximum absolute atomic E-state index is 11.4. The van der Waals surface area contributed by atoms with Gasteiger partial charge in [-0.25, -0.2) is 19.2 Å². The minimum absolute atomic E-state index is 0.0520. The number of unbranched alkanes of at least 4 members (excludes halogenated alkanes) is 4. The number of benzene rings is 2. The summed E-state index contributed by atoms with van der Waals surface area (Å²) in [4.78, 5) is 45.5. The van der Waals surface area contributed by atoms with Gasteiger partial charge in [0.2, 0.25) is 0 Å². The van der Waals surface area contributed by atoms with Crippen molar-refractivity contribution in [3.05, 3.63) is 94.1 Å². The van der Waals surface area contributed by atoms with Crippen LogP contribution in [0, 0.1) is 10.8 Å². The van der Waals surface area contributed by atoms with E-state index >= 15 is 0 Å². The molecule has 2 radical (unpaired) electrons. The zero-order valence-corrected chi connectivity index (χ0v) is 33.6. The summed E-state index contributed by atoms with van der Waals surface area (Å²) in [5.74, 6) is -4.73. The SMILES string of the molecule is CC(C)(C)/C(C(=O)O)=C(\Cc1ccccc1)C(=O)O.CC(C)(C)/C(C(=O)O)=C(\Cc1ccccc1)C(=O)O.CCCCC[CH2][Sn][CH2]CCC. The molecule has 0 heterocycles. The van der Waals surface area contributed by atoms with Crippen molar-refractivity contribution in [2.75, 3.05) is 0 Å². The molecule has 4 N–H and O–H groups in total. The Hall–Kier alpha value is -3.40. The Balaban J connectivity index is 0.000000734. The molecule has 2 rings (SSSR count). The van der Waals surface area contributed by atoms with E-state index in [1.54, 1.807) is 105 Å². The van der Waals surface area contributed by atoms with Gasteiger partial charge in [-0.15, -0.1) is 0 Å². The molecule has 270 valence electrons. The normalized spacial score (nSPS) is 12.2. The van der Waals surface area contributed by atoms with Gasteiger partial charge in [0.1, 0.15) is 0 Å². The Morgan fingerprint density at radius 2 is 0.857 bits per heavy atom. The van der Waals surface area contributed by atoms with Crippen LogP contribution < -0.4 is 0 Å². The predicted molar refractivity (Wildman–Crippen MR) is 198 cm³/mol. The molecule has 9 heteroatoms. The number of rotatable bonds is 16. The first-order valence-electron chi connectivity index (χ1n) is 17.1. The number of hydrogen-bond acceptors (Lipinski definition) is 4. The first kappa shape index (κ1) is 45.6. The third-order valence-electron chi connectivity index (χ3n) is 7.41. The molecule has 0 amide bonds. The third kappa shape index (κ3) is 19.4. The molecular formula is C40H58O8Sn. The van der Waals surface area contributed by atoms with Gasteiger partial charge >= 0.3 is 106 Å². The summed E-state index contributed by atoms with van der Waals surface area (Å²) in [5, 5.41) is 37.2. The molecule has 2 aromatic rings. The zero-order valence-electron chi connectivity index (χ0n) is 30.8. The van der Waals surface area contributed by atoms with Crippen molar-refractivity contribution in [2.45, 2.75) is 116 Å². The molecule has 0 aliphatic heterocycles. The van der Waals surface area contributed by atoms with Crippen LogP contribution in [0.25, 0.3) is 0 Å². The van der Waals surface area contributed by atoms with E-state index in [2.05, 4.69) is 13.8 Å². The number of aliphatic carboxylic acids is 4. The second-order valence-electron chi connectivity index (χ2n) is 13.9. The maximum atomic E-state index is 11.4. The van der Waals surface area contributed by atoms with Crippen molar-refractivity contribution in [1.29, 1.82) is 0 Å². The van der Waals surface area contributed by atoms with Crippen LogP contribution in [0.2, 0.25) is 8.87 Å². The van der Waals surface area contributed by atoms with Gasteiger partial charge < -0.3 is 20.4 Å². The Bertz CT molecular complexity index is 1260. The van der Waals surface area contributed by atoms with Gasteiger partial charge in [-0.3, -0.25) is 0 Å². The zero-order chi connectivity index (χ0) is 37.6. The first-order valence-corrected chi connectivity index (χ1v) is 21.1. The summed E-state index contributed by atoms with van der Waals surface area (Å²) in [5.41, 5.74) is -0.126. The van der Waals surface area contributed by atoms with Gasteiger partial charge in [0.05, 0.1) is 22.3 Å². The number of hydrogen-bond donors (Lipinski definition) is 4. The number of carboxylic acid groups (broad SMARTS) is 4. The summed E-state index contributed by atoms with van der Waals surface area (Å²) in [6.07, 6.45) is 9.04. The quantitative estimate of drug-likeness (QED) is 0.0748. The average Bonchev–Trinajstić information content (AvgIpc) is 3.00. The van der Waals surface area contributed by atoms with E-state index in [0.717, 1.165) is 11.1 Å². The Morgan fingerprint density at radius 1 is 0.510 bits per heavy atom. The molecule has 0 aliphatic rings. The molecule has 2 aromatic carbocycles. The predicted octanol–water partition coefficient (Wildman–Crippen LogP) is 9.39. The Morgan fingerprint density at radius 3 is 1.14 bits per heavy atom. The molecule has 49 heavy (non-hydrogen) atoms. The van der Waals surface area contributed by atoms with Crippen molar-refractivity contribution < 1.29 is 39.6 Å². The topological polar surface area (TPSA) is 149 Å². The third-order valence-corrected chi connectivity index (χ3v) is 11.4. The van der Waals surface area contributed by atoms with Crippen LogP contribution in [-0.2, 0) is 32.0 Å². The number of carboxylic acids is 4. The monoisotopic (exact) mass is 786 g/mol. The van der Waals surface area contributed by atoms with Gasteiger partial charge in [-0.05, 0) is 22.0 Å². The van der Waals surface area contributed by atoms with Crippen LogP contribution in [0.4, 0.5) is 0 Å². The van der Waals surface area contributed by atoms with Crippen molar-refractivity contribution in [3.63, 3.8) is 0 Å². The molecule has 0 bridgehead atoms. The second-order valence-corrected chi connectivity index (χ2v) is 18.2. The fourth-order valence-corrected chi connectivity index (χ4v) is 8.91. The molecule has 8 nitrogen and oxygen atoms in total. The molecular weight excluding hydrogens is 727 g/mol. The van der Waals surface area contributed by atoms with E-state index in [9.17, 15) is 39.6 Å². The summed E-state index contributed by atoms with van der Waals surface area (Å²) in [7, 11) is 0. The van der Waals surface area contributed by atoms with Crippen molar-refractivity contribution in [1.82, 2.24) is 0 Å². The number of carbonyl (C=O) groups is 4. The molecule has 0 saturated carbocycles. The minimum atomic E-state index is -1.18. The van der Waals surface area contributed by atoms with E-state index in [0.29, 0.717) is 0 Å². The molecule has 0 spiro atoms. The van der Waals surface area contributed by atoms with Gasteiger partial charge in [0.15, 0.2) is 0 Å². The Kier molecular flexibility index (Phi) is 22.2. The van der Waals surface area contributed by atoms with Crippen LogP contribution in [0.3, 0.4) is 0 Å². The van der Waals surface area contributed by atoms with Gasteiger partial charge in [0, 0.05) is 12.8 Å². The molecule has 0 atom stereocenters. The van der Waals surface area contributed by atoms with Crippen LogP contribution >= 0.6 is 0 Å². The van der Waals surface area contributed by atoms with Gasteiger partial charge in [-0.2, -0.15) is 0 Å². The molecule has 0 unspecified atom stereocenters. The van der Waals surface area contributed by atoms with E-state index in [1.165, 1.54) is 32.1 Å². The van der Waals surface area contributed by atoms with E-state index < -0.39 is 34.7 Å². The van der Waals surface area contributed by atoms with Gasteiger partial charge in [0.25, 0.3) is 0 Å². The van der Waals surface area contributed by atoms with Crippen molar-refractivity contribution >= 4 is 45.0 Å². The van der Waals surface area contributed by atoms with Crippen LogP contribution in [0.5, 0.6) is 0 Å². The van der Waals surface area contributed by atoms with Crippen molar-refractivity contribution in [3.8, 4) is 0 Å². The Labute approximate surface area is 304 Å². The standard InChI is InChI=1S/2C15H18O4.C6H13.C4H9.Sn/c2*1-15(2,3)12(14(18)19)11(13(16)17)9-10-7-5-4-6-8-10;1-3-5-6-4-2;1-3-4-2;/h2*4-8H,9H2,1-3H3,(H,16,17)(H,18,19);1,3-6H2,2H3;1,3-4H2,2H3;/b2*12-11+;;;. The summed E-state index contributed by atoms with van der Waals surface area (Å²) >= 11 is 0.127. The fourth-order valence-electron chi connectivity index (χ4n) is 5.05. The molecule has 0 aromatic heterocycles. The first-order chi connectivity index (χ1) is 22.9.